The van der Waals surface area contributed by atoms with Gasteiger partial charge in [-0.15, -0.1) is 0 Å². The van der Waals surface area contributed by atoms with E-state index in [1.165, 1.54) is 25.7 Å². The van der Waals surface area contributed by atoms with Gasteiger partial charge in [-0.3, -0.25) is 0 Å². The molecule has 0 spiro atoms. The molecule has 0 aliphatic heterocycles. The first-order valence-corrected chi connectivity index (χ1v) is 10.6. The van der Waals surface area contributed by atoms with Crippen LogP contribution in [0.15, 0.2) is 0 Å². The molecule has 0 aromatic carbocycles. The van der Waals surface area contributed by atoms with E-state index in [0.29, 0.717) is 23.2 Å². The van der Waals surface area contributed by atoms with E-state index in [1.54, 1.807) is 6.92 Å². The van der Waals surface area contributed by atoms with Crippen LogP contribution in [0.3, 0.4) is 0 Å². The average Bonchev–Trinajstić information content (AvgIpc) is 2.81. The fourth-order valence-corrected chi connectivity index (χ4v) is 8.09. The van der Waals surface area contributed by atoms with Gasteiger partial charge in [-0.25, -0.2) is 0 Å². The van der Waals surface area contributed by atoms with Gasteiger partial charge in [-0.05, 0) is 98.7 Å². The molecule has 0 amide bonds. The summed E-state index contributed by atoms with van der Waals surface area (Å²) in [6.45, 7) is 9.07. The van der Waals surface area contributed by atoms with E-state index in [9.17, 15) is 15.3 Å². The molecule has 0 radical (unpaired) electrons. The molecule has 4 aliphatic rings. The Morgan fingerprint density at radius 2 is 1.64 bits per heavy atom. The molecule has 0 heterocycles. The van der Waals surface area contributed by atoms with Crippen LogP contribution >= 0.6 is 0 Å². The molecular weight excluding hydrogens is 312 g/mol. The predicted octanol–water partition coefficient (Wildman–Crippen LogP) is 3.89. The highest BCUT2D eigenvalue weighted by Gasteiger charge is 2.64. The molecule has 0 aromatic rings. The van der Waals surface area contributed by atoms with Crippen molar-refractivity contribution < 1.29 is 15.3 Å². The minimum atomic E-state index is -0.890. The number of hydrogen-bond acceptors (Lipinski definition) is 3. The third kappa shape index (κ3) is 2.41. The molecule has 144 valence electrons. The fourth-order valence-electron chi connectivity index (χ4n) is 8.09. The first-order chi connectivity index (χ1) is 11.5. The highest BCUT2D eigenvalue weighted by molar-refractivity contribution is 5.14. The van der Waals surface area contributed by atoms with Gasteiger partial charge >= 0.3 is 0 Å². The zero-order valence-corrected chi connectivity index (χ0v) is 16.6. The Morgan fingerprint density at radius 3 is 2.32 bits per heavy atom. The van der Waals surface area contributed by atoms with Crippen LogP contribution in [0.1, 0.15) is 85.5 Å². The van der Waals surface area contributed by atoms with E-state index in [2.05, 4.69) is 20.8 Å². The van der Waals surface area contributed by atoms with Gasteiger partial charge in [-0.2, -0.15) is 0 Å². The van der Waals surface area contributed by atoms with Crippen LogP contribution in [0.2, 0.25) is 0 Å². The summed E-state index contributed by atoms with van der Waals surface area (Å²) in [7, 11) is 0. The van der Waals surface area contributed by atoms with E-state index in [4.69, 9.17) is 0 Å². The highest BCUT2D eigenvalue weighted by atomic mass is 16.3. The summed E-state index contributed by atoms with van der Waals surface area (Å²) >= 11 is 0. The summed E-state index contributed by atoms with van der Waals surface area (Å²) in [6.07, 6.45) is 8.74. The molecule has 0 saturated heterocycles. The zero-order valence-electron chi connectivity index (χ0n) is 16.6. The van der Waals surface area contributed by atoms with Gasteiger partial charge in [0.1, 0.15) is 0 Å². The van der Waals surface area contributed by atoms with Crippen molar-refractivity contribution in [3.8, 4) is 0 Å². The van der Waals surface area contributed by atoms with Crippen molar-refractivity contribution in [2.45, 2.75) is 103 Å². The van der Waals surface area contributed by atoms with Crippen LogP contribution in [-0.4, -0.2) is 33.1 Å². The van der Waals surface area contributed by atoms with Crippen LogP contribution in [0.4, 0.5) is 0 Å². The Hall–Kier alpha value is -0.120. The van der Waals surface area contributed by atoms with E-state index in [-0.39, 0.29) is 16.9 Å². The average molecular weight is 351 g/mol. The lowest BCUT2D eigenvalue weighted by atomic mass is 9.40. The molecule has 4 saturated carbocycles. The van der Waals surface area contributed by atoms with Crippen LogP contribution in [0.5, 0.6) is 0 Å². The highest BCUT2D eigenvalue weighted by Crippen LogP contribution is 2.70. The zero-order chi connectivity index (χ0) is 18.3. The van der Waals surface area contributed by atoms with Gasteiger partial charge < -0.3 is 15.3 Å². The van der Waals surface area contributed by atoms with Crippen molar-refractivity contribution in [1.29, 1.82) is 0 Å². The maximum absolute atomic E-state index is 11.1. The largest absolute Gasteiger partial charge is 0.393 e. The number of rotatable bonds is 1. The molecule has 0 aromatic heterocycles. The Labute approximate surface area is 153 Å². The summed E-state index contributed by atoms with van der Waals surface area (Å²) in [6, 6.07) is 0. The van der Waals surface area contributed by atoms with Gasteiger partial charge in [-0.1, -0.05) is 20.8 Å². The van der Waals surface area contributed by atoms with E-state index in [1.807, 2.05) is 0 Å². The number of aliphatic hydroxyl groups excluding tert-OH is 2. The molecule has 3 nitrogen and oxygen atoms in total. The summed E-state index contributed by atoms with van der Waals surface area (Å²) < 4.78 is 0. The smallest absolute Gasteiger partial charge is 0.0910 e. The molecule has 4 aliphatic carbocycles. The minimum absolute atomic E-state index is 0.115. The van der Waals surface area contributed by atoms with Crippen LogP contribution in [0.25, 0.3) is 0 Å². The van der Waals surface area contributed by atoms with Crippen LogP contribution < -0.4 is 0 Å². The number of hydrogen-bond donors (Lipinski definition) is 3. The van der Waals surface area contributed by atoms with Crippen molar-refractivity contribution in [2.75, 3.05) is 0 Å². The SMILES string of the molecule is C[C@@H](O)[C@@]1(O)C[C@@H]2[C@@H]3CC[C@]4(C)C[C@H](O)CC[C@]4(C)[C@@H]3CC[C@]2(C)C1. The Bertz CT molecular complexity index is 547. The first kappa shape index (κ1) is 18.3. The quantitative estimate of drug-likeness (QED) is 0.672. The van der Waals surface area contributed by atoms with E-state index >= 15 is 0 Å². The van der Waals surface area contributed by atoms with Crippen LogP contribution in [-0.2, 0) is 0 Å². The van der Waals surface area contributed by atoms with Gasteiger partial charge in [0.25, 0.3) is 0 Å². The van der Waals surface area contributed by atoms with Crippen molar-refractivity contribution in [1.82, 2.24) is 0 Å². The first-order valence-electron chi connectivity index (χ1n) is 10.6. The topological polar surface area (TPSA) is 60.7 Å². The molecule has 9 atom stereocenters. The lowest BCUT2D eigenvalue weighted by molar-refractivity contribution is -0.166. The second-order valence-electron chi connectivity index (χ2n) is 11.1. The Balaban J connectivity index is 1.65. The summed E-state index contributed by atoms with van der Waals surface area (Å²) in [5.41, 5.74) is -0.120. The molecule has 3 N–H and O–H groups in total. The standard InChI is InChI=1S/C22H38O3/c1-14(23)22(25)12-18-16-6-9-20(3)11-15(24)5-10-21(20,4)17(16)7-8-19(18,2)13-22/h14-18,23-25H,5-13H2,1-4H3/t14-,15-,16-,17-,18-,19-,20-,21-,22-/m1/s1. The third-order valence-electron chi connectivity index (χ3n) is 9.93. The van der Waals surface area contributed by atoms with Gasteiger partial charge in [0.2, 0.25) is 0 Å². The third-order valence-corrected chi connectivity index (χ3v) is 9.93. The van der Waals surface area contributed by atoms with Crippen molar-refractivity contribution in [2.24, 2.45) is 34.0 Å². The van der Waals surface area contributed by atoms with Crippen molar-refractivity contribution in [3.63, 3.8) is 0 Å². The molecule has 4 fully saturated rings. The van der Waals surface area contributed by atoms with Gasteiger partial charge in [0.05, 0.1) is 17.8 Å². The molecule has 4 rings (SSSR count). The van der Waals surface area contributed by atoms with Gasteiger partial charge in [0.15, 0.2) is 0 Å². The maximum atomic E-state index is 11.1. The Kier molecular flexibility index (Phi) is 3.98. The lowest BCUT2D eigenvalue weighted by Gasteiger charge is -2.64. The molecular formula is C22H38O3. The maximum Gasteiger partial charge on any atom is 0.0910 e. The summed E-state index contributed by atoms with van der Waals surface area (Å²) in [5.74, 6) is 1.94. The second-order valence-corrected chi connectivity index (χ2v) is 11.1. The minimum Gasteiger partial charge on any atom is -0.393 e. The molecule has 0 unspecified atom stereocenters. The van der Waals surface area contributed by atoms with Crippen molar-refractivity contribution >= 4 is 0 Å². The number of fused-ring (bicyclic) bond motifs is 5. The number of aliphatic hydroxyl groups is 3. The summed E-state index contributed by atoms with van der Waals surface area (Å²) in [5, 5.41) is 31.5. The van der Waals surface area contributed by atoms with Crippen molar-refractivity contribution in [3.05, 3.63) is 0 Å². The molecule has 3 heteroatoms. The predicted molar refractivity (Wildman–Crippen MR) is 99.0 cm³/mol. The molecule has 25 heavy (non-hydrogen) atoms. The van der Waals surface area contributed by atoms with Gasteiger partial charge in [0, 0.05) is 0 Å². The normalized spacial score (nSPS) is 59.6. The van der Waals surface area contributed by atoms with E-state index < -0.39 is 11.7 Å². The van der Waals surface area contributed by atoms with Crippen LogP contribution in [0, 0.1) is 34.0 Å². The fraction of sp³-hybridized carbons (Fsp3) is 1.00. The Morgan fingerprint density at radius 1 is 0.920 bits per heavy atom. The monoisotopic (exact) mass is 350 g/mol. The van der Waals surface area contributed by atoms with E-state index in [0.717, 1.165) is 32.1 Å². The second kappa shape index (κ2) is 5.45. The lowest BCUT2D eigenvalue weighted by Crippen LogP contribution is -2.57. The molecule has 0 bridgehead atoms. The summed E-state index contributed by atoms with van der Waals surface area (Å²) in [4.78, 5) is 0.